The molecule has 30 heavy (non-hydrogen) atoms. The minimum atomic E-state index is -0.102. The maximum Gasteiger partial charge on any atom is 0.236 e. The summed E-state index contributed by atoms with van der Waals surface area (Å²) in [5.74, 6) is 1.08. The molecule has 0 radical (unpaired) electrons. The van der Waals surface area contributed by atoms with Gasteiger partial charge in [0.15, 0.2) is 10.3 Å². The molecule has 6 nitrogen and oxygen atoms in total. The zero-order chi connectivity index (χ0) is 20.9. The van der Waals surface area contributed by atoms with Gasteiger partial charge in [-0.15, -0.1) is 32.9 Å². The number of aromatic nitrogens is 4. The van der Waals surface area contributed by atoms with E-state index in [1.165, 1.54) is 33.5 Å². The SMILES string of the molecule is CCn1c(Cc2cccs2)nnc1SCC(=O)Nc1nc(-c2ccc(C)cc2)cs1. The lowest BCUT2D eigenvalue weighted by atomic mass is 10.1. The molecule has 3 aromatic heterocycles. The lowest BCUT2D eigenvalue weighted by molar-refractivity contribution is -0.113. The zero-order valence-electron chi connectivity index (χ0n) is 16.7. The van der Waals surface area contributed by atoms with Gasteiger partial charge >= 0.3 is 0 Å². The number of anilines is 1. The Morgan fingerprint density at radius 3 is 2.73 bits per heavy atom. The van der Waals surface area contributed by atoms with E-state index in [4.69, 9.17) is 0 Å². The number of thiazole rings is 1. The Labute approximate surface area is 187 Å². The van der Waals surface area contributed by atoms with Crippen molar-refractivity contribution in [1.82, 2.24) is 19.7 Å². The van der Waals surface area contributed by atoms with E-state index >= 15 is 0 Å². The number of carbonyl (C=O) groups excluding carboxylic acids is 1. The summed E-state index contributed by atoms with van der Waals surface area (Å²) in [6.45, 7) is 4.89. The molecule has 4 aromatic rings. The second-order valence-corrected chi connectivity index (χ2v) is 9.47. The summed E-state index contributed by atoms with van der Waals surface area (Å²) >= 11 is 4.53. The molecule has 0 unspecified atom stereocenters. The van der Waals surface area contributed by atoms with Crippen LogP contribution in [0.2, 0.25) is 0 Å². The van der Waals surface area contributed by atoms with Crippen LogP contribution in [0.25, 0.3) is 11.3 Å². The van der Waals surface area contributed by atoms with Gasteiger partial charge in [-0.05, 0) is 25.3 Å². The molecule has 3 heterocycles. The van der Waals surface area contributed by atoms with Crippen molar-refractivity contribution in [3.63, 3.8) is 0 Å². The Morgan fingerprint density at radius 2 is 2.00 bits per heavy atom. The highest BCUT2D eigenvalue weighted by molar-refractivity contribution is 7.99. The van der Waals surface area contributed by atoms with Crippen LogP contribution in [0.3, 0.4) is 0 Å². The summed E-state index contributed by atoms with van der Waals surface area (Å²) in [5.41, 5.74) is 3.12. The third kappa shape index (κ3) is 4.97. The highest BCUT2D eigenvalue weighted by atomic mass is 32.2. The molecule has 1 amide bonds. The Balaban J connectivity index is 1.35. The maximum absolute atomic E-state index is 12.4. The minimum absolute atomic E-state index is 0.102. The number of amides is 1. The number of hydrogen-bond donors (Lipinski definition) is 1. The molecule has 0 fully saturated rings. The third-order valence-corrected chi connectivity index (χ3v) is 7.05. The molecule has 154 valence electrons. The van der Waals surface area contributed by atoms with Crippen molar-refractivity contribution in [2.45, 2.75) is 32.0 Å². The molecule has 1 aromatic carbocycles. The maximum atomic E-state index is 12.4. The van der Waals surface area contributed by atoms with Gasteiger partial charge in [0.2, 0.25) is 5.91 Å². The lowest BCUT2D eigenvalue weighted by Crippen LogP contribution is -2.14. The molecule has 1 N–H and O–H groups in total. The van der Waals surface area contributed by atoms with Gasteiger partial charge in [-0.25, -0.2) is 4.98 Å². The van der Waals surface area contributed by atoms with Gasteiger partial charge in [0, 0.05) is 28.8 Å². The predicted molar refractivity (Wildman–Crippen MR) is 124 cm³/mol. The van der Waals surface area contributed by atoms with E-state index in [1.54, 1.807) is 11.3 Å². The standard InChI is InChI=1S/C21H21N5OS3/c1-3-26-18(11-16-5-4-10-28-16)24-25-21(26)30-13-19(27)23-20-22-17(12-29-20)15-8-6-14(2)7-9-15/h4-10,12H,3,11,13H2,1-2H3,(H,22,23,27). The van der Waals surface area contributed by atoms with Crippen molar-refractivity contribution in [2.75, 3.05) is 11.1 Å². The average Bonchev–Trinajstić information content (AvgIpc) is 3.49. The molecule has 0 spiro atoms. The number of benzene rings is 1. The number of nitrogens with one attached hydrogen (secondary N) is 1. The topological polar surface area (TPSA) is 72.7 Å². The molecule has 0 aliphatic rings. The first-order valence-electron chi connectivity index (χ1n) is 9.52. The Morgan fingerprint density at radius 1 is 1.17 bits per heavy atom. The van der Waals surface area contributed by atoms with Crippen LogP contribution in [0.15, 0.2) is 52.3 Å². The summed E-state index contributed by atoms with van der Waals surface area (Å²) in [6, 6.07) is 12.3. The third-order valence-electron chi connectivity index (χ3n) is 4.45. The van der Waals surface area contributed by atoms with Gasteiger partial charge in [0.05, 0.1) is 11.4 Å². The van der Waals surface area contributed by atoms with Gasteiger partial charge in [-0.2, -0.15) is 0 Å². The number of rotatable bonds is 8. The van der Waals surface area contributed by atoms with Crippen LogP contribution < -0.4 is 5.32 Å². The highest BCUT2D eigenvalue weighted by Gasteiger charge is 2.15. The van der Waals surface area contributed by atoms with Crippen LogP contribution >= 0.6 is 34.4 Å². The van der Waals surface area contributed by atoms with Crippen LogP contribution in [0.5, 0.6) is 0 Å². The Kier molecular flexibility index (Phi) is 6.61. The van der Waals surface area contributed by atoms with Gasteiger partial charge in [0.1, 0.15) is 5.82 Å². The quantitative estimate of drug-likeness (QED) is 0.374. The first kappa shape index (κ1) is 20.8. The van der Waals surface area contributed by atoms with Crippen LogP contribution in [-0.2, 0) is 17.8 Å². The molecule has 0 saturated heterocycles. The Bertz CT molecular complexity index is 1120. The molecule has 0 aliphatic carbocycles. The fourth-order valence-electron chi connectivity index (χ4n) is 2.92. The number of hydrogen-bond acceptors (Lipinski definition) is 7. The zero-order valence-corrected chi connectivity index (χ0v) is 19.1. The fourth-order valence-corrected chi connectivity index (χ4v) is 5.18. The van der Waals surface area contributed by atoms with Crippen LogP contribution in [0, 0.1) is 6.92 Å². The number of aryl methyl sites for hydroxylation is 1. The van der Waals surface area contributed by atoms with Crippen LogP contribution in [0.4, 0.5) is 5.13 Å². The van der Waals surface area contributed by atoms with Crippen molar-refractivity contribution in [3.8, 4) is 11.3 Å². The number of thiophene rings is 1. The molecule has 0 saturated carbocycles. The van der Waals surface area contributed by atoms with Gasteiger partial charge in [-0.3, -0.25) is 4.79 Å². The van der Waals surface area contributed by atoms with Gasteiger partial charge < -0.3 is 9.88 Å². The molecular formula is C21H21N5OS3. The van der Waals surface area contributed by atoms with Crippen molar-refractivity contribution in [3.05, 3.63) is 63.4 Å². The van der Waals surface area contributed by atoms with Gasteiger partial charge in [0.25, 0.3) is 0 Å². The van der Waals surface area contributed by atoms with E-state index in [2.05, 4.69) is 62.5 Å². The van der Waals surface area contributed by atoms with Crippen molar-refractivity contribution >= 4 is 45.5 Å². The predicted octanol–water partition coefficient (Wildman–Crippen LogP) is 5.11. The monoisotopic (exact) mass is 455 g/mol. The van der Waals surface area contributed by atoms with E-state index in [9.17, 15) is 4.79 Å². The highest BCUT2D eigenvalue weighted by Crippen LogP contribution is 2.26. The molecule has 0 bridgehead atoms. The van der Waals surface area contributed by atoms with Crippen LogP contribution in [-0.4, -0.2) is 31.4 Å². The summed E-state index contributed by atoms with van der Waals surface area (Å²) in [5, 5.41) is 16.9. The first-order valence-corrected chi connectivity index (χ1v) is 12.3. The first-order chi connectivity index (χ1) is 14.6. The molecule has 0 aliphatic heterocycles. The fraction of sp³-hybridized carbons (Fsp3) is 0.238. The summed E-state index contributed by atoms with van der Waals surface area (Å²) in [4.78, 5) is 18.2. The number of thioether (sulfide) groups is 1. The van der Waals surface area contributed by atoms with Gasteiger partial charge in [-0.1, -0.05) is 47.7 Å². The smallest absolute Gasteiger partial charge is 0.236 e. The van der Waals surface area contributed by atoms with E-state index in [0.29, 0.717) is 5.13 Å². The average molecular weight is 456 g/mol. The van der Waals surface area contributed by atoms with Crippen molar-refractivity contribution in [2.24, 2.45) is 0 Å². The Hall–Kier alpha value is -2.49. The summed E-state index contributed by atoms with van der Waals surface area (Å²) in [7, 11) is 0. The number of nitrogens with zero attached hydrogens (tertiary/aromatic N) is 4. The van der Waals surface area contributed by atoms with Crippen molar-refractivity contribution < 1.29 is 4.79 Å². The second kappa shape index (κ2) is 9.55. The molecule has 4 rings (SSSR count). The summed E-state index contributed by atoms with van der Waals surface area (Å²) < 4.78 is 2.07. The van der Waals surface area contributed by atoms with E-state index in [0.717, 1.165) is 35.2 Å². The molecule has 9 heteroatoms. The largest absolute Gasteiger partial charge is 0.306 e. The molecule has 0 atom stereocenters. The minimum Gasteiger partial charge on any atom is -0.306 e. The van der Waals surface area contributed by atoms with E-state index < -0.39 is 0 Å². The van der Waals surface area contributed by atoms with E-state index in [1.807, 2.05) is 23.6 Å². The lowest BCUT2D eigenvalue weighted by Gasteiger charge is -2.06. The second-order valence-electron chi connectivity index (χ2n) is 6.64. The van der Waals surface area contributed by atoms with E-state index in [-0.39, 0.29) is 11.7 Å². The van der Waals surface area contributed by atoms with Crippen LogP contribution in [0.1, 0.15) is 23.2 Å². The van der Waals surface area contributed by atoms with Crippen molar-refractivity contribution in [1.29, 1.82) is 0 Å². The normalized spacial score (nSPS) is 11.0. The number of carbonyl (C=O) groups is 1. The molecular weight excluding hydrogens is 434 g/mol. The summed E-state index contributed by atoms with van der Waals surface area (Å²) in [6.07, 6.45) is 0.756.